The van der Waals surface area contributed by atoms with Crippen molar-refractivity contribution < 1.29 is 14.3 Å². The lowest BCUT2D eigenvalue weighted by molar-refractivity contribution is -0.145. The molecule has 2 aromatic carbocycles. The molecular weight excluding hydrogens is 432 g/mol. The Morgan fingerprint density at radius 3 is 1.71 bits per heavy atom. The molecule has 0 heterocycles. The Kier molecular flexibility index (Phi) is 15.2. The highest BCUT2D eigenvalue weighted by atomic mass is 16.5. The molecule has 0 aromatic heterocycles. The zero-order valence-electron chi connectivity index (χ0n) is 22.8. The van der Waals surface area contributed by atoms with E-state index in [2.05, 4.69) is 13.0 Å². The molecule has 2 aromatic rings. The number of rotatable bonds is 20. The number of methoxy groups -OCH3 is 1. The third-order valence-corrected chi connectivity index (χ3v) is 7.17. The van der Waals surface area contributed by atoms with Gasteiger partial charge in [-0.15, -0.1) is 0 Å². The van der Waals surface area contributed by atoms with Crippen LogP contribution in [0.25, 0.3) is 10.8 Å². The first-order valence-electron chi connectivity index (χ1n) is 14.4. The first kappa shape index (κ1) is 29.2. The maximum absolute atomic E-state index is 12.5. The lowest BCUT2D eigenvalue weighted by atomic mass is 9.98. The van der Waals surface area contributed by atoms with Gasteiger partial charge in [0.25, 0.3) is 0 Å². The van der Waals surface area contributed by atoms with Crippen LogP contribution < -0.4 is 4.74 Å². The zero-order chi connectivity index (χ0) is 25.1. The van der Waals surface area contributed by atoms with E-state index in [1.807, 2.05) is 37.3 Å². The molecule has 0 fully saturated rings. The summed E-state index contributed by atoms with van der Waals surface area (Å²) in [7, 11) is 1.67. The Balaban J connectivity index is 1.45. The summed E-state index contributed by atoms with van der Waals surface area (Å²) in [6.07, 6.45) is 21.6. The van der Waals surface area contributed by atoms with Crippen LogP contribution in [0.5, 0.6) is 5.75 Å². The number of carbonyl (C=O) groups is 1. The van der Waals surface area contributed by atoms with Crippen LogP contribution in [0.4, 0.5) is 0 Å². The third-order valence-electron chi connectivity index (χ3n) is 7.17. The van der Waals surface area contributed by atoms with E-state index >= 15 is 0 Å². The highest BCUT2D eigenvalue weighted by molar-refractivity contribution is 5.86. The maximum Gasteiger partial charge on any atom is 0.313 e. The van der Waals surface area contributed by atoms with Crippen molar-refractivity contribution in [1.82, 2.24) is 0 Å². The maximum atomic E-state index is 12.5. The fourth-order valence-electron chi connectivity index (χ4n) is 4.72. The van der Waals surface area contributed by atoms with E-state index in [-0.39, 0.29) is 11.9 Å². The van der Waals surface area contributed by atoms with Crippen molar-refractivity contribution in [2.45, 2.75) is 122 Å². The molecule has 0 aliphatic carbocycles. The summed E-state index contributed by atoms with van der Waals surface area (Å²) < 4.78 is 10.9. The number of fused-ring (bicyclic) bond motifs is 1. The molecule has 1 unspecified atom stereocenters. The third kappa shape index (κ3) is 12.0. The van der Waals surface area contributed by atoms with Gasteiger partial charge in [0.1, 0.15) is 5.75 Å². The predicted molar refractivity (Wildman–Crippen MR) is 149 cm³/mol. The van der Waals surface area contributed by atoms with Crippen molar-refractivity contribution in [2.75, 3.05) is 13.7 Å². The van der Waals surface area contributed by atoms with E-state index in [9.17, 15) is 4.79 Å². The standard InChI is InChI=1S/C32H50O3/c1-4-5-6-7-8-9-10-11-12-13-14-15-16-17-18-19-24-35-32(33)27(2)28-20-21-30-26-31(34-3)23-22-29(30)25-28/h20-23,25-27H,4-19,24H2,1-3H3. The van der Waals surface area contributed by atoms with Crippen LogP contribution in [0.15, 0.2) is 36.4 Å². The Labute approximate surface area is 215 Å². The molecule has 0 N–H and O–H groups in total. The van der Waals surface area contributed by atoms with Gasteiger partial charge >= 0.3 is 5.97 Å². The van der Waals surface area contributed by atoms with Gasteiger partial charge in [-0.1, -0.05) is 128 Å². The number of unbranched alkanes of at least 4 members (excludes halogenated alkanes) is 15. The van der Waals surface area contributed by atoms with Crippen molar-refractivity contribution in [3.63, 3.8) is 0 Å². The summed E-state index contributed by atoms with van der Waals surface area (Å²) in [5, 5.41) is 2.22. The van der Waals surface area contributed by atoms with Crippen molar-refractivity contribution in [3.8, 4) is 5.75 Å². The number of hydrogen-bond donors (Lipinski definition) is 0. The van der Waals surface area contributed by atoms with Gasteiger partial charge in [0.05, 0.1) is 19.6 Å². The minimum absolute atomic E-state index is 0.126. The van der Waals surface area contributed by atoms with E-state index < -0.39 is 0 Å². The zero-order valence-corrected chi connectivity index (χ0v) is 22.8. The van der Waals surface area contributed by atoms with Crippen molar-refractivity contribution in [2.24, 2.45) is 0 Å². The van der Waals surface area contributed by atoms with Gasteiger partial charge in [-0.25, -0.2) is 0 Å². The van der Waals surface area contributed by atoms with Crippen molar-refractivity contribution in [3.05, 3.63) is 42.0 Å². The van der Waals surface area contributed by atoms with Gasteiger partial charge in [0.2, 0.25) is 0 Å². The van der Waals surface area contributed by atoms with Gasteiger partial charge in [0.15, 0.2) is 0 Å². The molecule has 0 aliphatic heterocycles. The lowest BCUT2D eigenvalue weighted by Gasteiger charge is -2.13. The number of hydrogen-bond acceptors (Lipinski definition) is 3. The van der Waals surface area contributed by atoms with E-state index in [0.29, 0.717) is 6.61 Å². The molecular formula is C32H50O3. The normalized spacial score (nSPS) is 12.1. The van der Waals surface area contributed by atoms with Gasteiger partial charge in [-0.3, -0.25) is 4.79 Å². The number of carbonyl (C=O) groups excluding carboxylic acids is 1. The molecule has 2 rings (SSSR count). The van der Waals surface area contributed by atoms with Crippen LogP contribution in [0.2, 0.25) is 0 Å². The number of benzene rings is 2. The number of esters is 1. The largest absolute Gasteiger partial charge is 0.497 e. The molecule has 0 saturated carbocycles. The molecule has 0 aliphatic rings. The first-order chi connectivity index (χ1) is 17.2. The van der Waals surface area contributed by atoms with Gasteiger partial charge < -0.3 is 9.47 Å². The van der Waals surface area contributed by atoms with Crippen LogP contribution in [0.3, 0.4) is 0 Å². The summed E-state index contributed by atoms with van der Waals surface area (Å²) in [5.74, 6) is 0.470. The molecule has 3 heteroatoms. The second-order valence-corrected chi connectivity index (χ2v) is 10.2. The average molecular weight is 483 g/mol. The average Bonchev–Trinajstić information content (AvgIpc) is 2.89. The monoisotopic (exact) mass is 482 g/mol. The van der Waals surface area contributed by atoms with E-state index in [1.54, 1.807) is 7.11 Å². The SMILES string of the molecule is CCCCCCCCCCCCCCCCCCOC(=O)C(C)c1ccc2cc(OC)ccc2c1. The van der Waals surface area contributed by atoms with E-state index in [0.717, 1.165) is 34.9 Å². The molecule has 3 nitrogen and oxygen atoms in total. The highest BCUT2D eigenvalue weighted by Crippen LogP contribution is 2.26. The highest BCUT2D eigenvalue weighted by Gasteiger charge is 2.17. The predicted octanol–water partition coefficient (Wildman–Crippen LogP) is 9.76. The second-order valence-electron chi connectivity index (χ2n) is 10.2. The quantitative estimate of drug-likeness (QED) is 0.139. The summed E-state index contributed by atoms with van der Waals surface area (Å²) in [6, 6.07) is 12.1. The van der Waals surface area contributed by atoms with Crippen LogP contribution in [0, 0.1) is 0 Å². The van der Waals surface area contributed by atoms with Gasteiger partial charge in [0, 0.05) is 0 Å². The number of ether oxygens (including phenoxy) is 2. The van der Waals surface area contributed by atoms with Crippen molar-refractivity contribution >= 4 is 16.7 Å². The Morgan fingerprint density at radius 2 is 1.17 bits per heavy atom. The van der Waals surface area contributed by atoms with Crippen molar-refractivity contribution in [1.29, 1.82) is 0 Å². The van der Waals surface area contributed by atoms with Crippen LogP contribution in [-0.2, 0) is 9.53 Å². The first-order valence-corrected chi connectivity index (χ1v) is 14.4. The smallest absolute Gasteiger partial charge is 0.313 e. The van der Waals surface area contributed by atoms with Crippen LogP contribution >= 0.6 is 0 Å². The molecule has 0 spiro atoms. The molecule has 35 heavy (non-hydrogen) atoms. The minimum atomic E-state index is -0.248. The molecule has 0 saturated heterocycles. The fraction of sp³-hybridized carbons (Fsp3) is 0.656. The van der Waals surface area contributed by atoms with E-state index in [1.165, 1.54) is 89.9 Å². The van der Waals surface area contributed by atoms with Crippen LogP contribution in [0.1, 0.15) is 128 Å². The Bertz CT molecular complexity index is 829. The Hall–Kier alpha value is -2.03. The Morgan fingerprint density at radius 1 is 0.686 bits per heavy atom. The summed E-state index contributed by atoms with van der Waals surface area (Å²) in [4.78, 5) is 12.5. The fourth-order valence-corrected chi connectivity index (χ4v) is 4.72. The molecule has 1 atom stereocenters. The minimum Gasteiger partial charge on any atom is -0.497 e. The van der Waals surface area contributed by atoms with Gasteiger partial charge in [-0.2, -0.15) is 0 Å². The molecule has 0 radical (unpaired) electrons. The molecule has 0 amide bonds. The summed E-state index contributed by atoms with van der Waals surface area (Å²) >= 11 is 0. The van der Waals surface area contributed by atoms with Gasteiger partial charge in [-0.05, 0) is 41.8 Å². The topological polar surface area (TPSA) is 35.5 Å². The molecule has 0 bridgehead atoms. The molecule has 196 valence electrons. The van der Waals surface area contributed by atoms with Crippen LogP contribution in [-0.4, -0.2) is 19.7 Å². The second kappa shape index (κ2) is 18.3. The lowest BCUT2D eigenvalue weighted by Crippen LogP contribution is -2.14. The summed E-state index contributed by atoms with van der Waals surface area (Å²) in [6.45, 7) is 4.75. The van der Waals surface area contributed by atoms with E-state index in [4.69, 9.17) is 9.47 Å². The summed E-state index contributed by atoms with van der Waals surface area (Å²) in [5.41, 5.74) is 1.000.